The summed E-state index contributed by atoms with van der Waals surface area (Å²) in [6.07, 6.45) is 4.24. The molecule has 0 bridgehead atoms. The van der Waals surface area contributed by atoms with Gasteiger partial charge in [-0.15, -0.1) is 0 Å². The number of alkyl carbamates (subject to hydrolysis) is 1. The molecule has 1 aromatic rings. The summed E-state index contributed by atoms with van der Waals surface area (Å²) in [6.45, 7) is 13.9. The van der Waals surface area contributed by atoms with E-state index in [9.17, 15) is 14.4 Å². The average Bonchev–Trinajstić information content (AvgIpc) is 2.78. The highest BCUT2D eigenvalue weighted by atomic mass is 32.2. The number of carbonyl (C=O) groups is 3. The number of hydrogen-bond acceptors (Lipinski definition) is 5. The Morgan fingerprint density at radius 3 is 2.34 bits per heavy atom. The number of nitrogens with one attached hydrogen (secondary N) is 2. The number of benzene rings is 1. The molecule has 8 heteroatoms. The van der Waals surface area contributed by atoms with Gasteiger partial charge >= 0.3 is 6.09 Å². The highest BCUT2D eigenvalue weighted by molar-refractivity contribution is 7.98. The molecule has 1 rings (SSSR count). The molecule has 198 valence electrons. The molecule has 0 saturated heterocycles. The van der Waals surface area contributed by atoms with Crippen LogP contribution in [-0.2, 0) is 14.3 Å². The van der Waals surface area contributed by atoms with Crippen molar-refractivity contribution in [2.45, 2.75) is 97.9 Å². The maximum Gasteiger partial charge on any atom is 0.408 e. The van der Waals surface area contributed by atoms with Crippen LogP contribution in [0.4, 0.5) is 4.79 Å². The smallest absolute Gasteiger partial charge is 0.408 e. The van der Waals surface area contributed by atoms with Crippen LogP contribution >= 0.6 is 11.8 Å². The molecule has 0 aromatic heterocycles. The molecule has 2 N–H and O–H groups in total. The minimum Gasteiger partial charge on any atom is -0.444 e. The maximum atomic E-state index is 14.1. The van der Waals surface area contributed by atoms with E-state index in [0.29, 0.717) is 25.1 Å². The summed E-state index contributed by atoms with van der Waals surface area (Å²) >= 11 is 1.60. The van der Waals surface area contributed by atoms with Gasteiger partial charge < -0.3 is 20.3 Å². The van der Waals surface area contributed by atoms with Crippen LogP contribution in [0.5, 0.6) is 0 Å². The van der Waals surface area contributed by atoms with Gasteiger partial charge in [-0.2, -0.15) is 11.8 Å². The zero-order valence-electron chi connectivity index (χ0n) is 22.8. The average molecular weight is 508 g/mol. The van der Waals surface area contributed by atoms with Gasteiger partial charge in [0.05, 0.1) is 0 Å². The van der Waals surface area contributed by atoms with Crippen LogP contribution in [0.1, 0.15) is 84.4 Å². The molecule has 3 amide bonds. The normalized spacial score (nSPS) is 13.9. The first-order valence-corrected chi connectivity index (χ1v) is 14.0. The number of aryl methyl sites for hydroxylation is 1. The number of hydrogen-bond donors (Lipinski definition) is 2. The monoisotopic (exact) mass is 507 g/mol. The summed E-state index contributed by atoms with van der Waals surface area (Å²) in [6, 6.07) is 5.84. The molecule has 3 unspecified atom stereocenters. The van der Waals surface area contributed by atoms with Crippen LogP contribution in [0.15, 0.2) is 24.3 Å². The van der Waals surface area contributed by atoms with Gasteiger partial charge in [0.15, 0.2) is 0 Å². The fourth-order valence-corrected chi connectivity index (χ4v) is 4.19. The number of thioether (sulfide) groups is 1. The van der Waals surface area contributed by atoms with Crippen LogP contribution in [0, 0.1) is 6.92 Å². The van der Waals surface area contributed by atoms with E-state index in [-0.39, 0.29) is 17.9 Å². The maximum absolute atomic E-state index is 14.1. The molecule has 0 aliphatic carbocycles. The van der Waals surface area contributed by atoms with Gasteiger partial charge in [-0.25, -0.2) is 4.79 Å². The zero-order chi connectivity index (χ0) is 26.6. The molecule has 0 saturated carbocycles. The van der Waals surface area contributed by atoms with Gasteiger partial charge in [0.2, 0.25) is 11.8 Å². The summed E-state index contributed by atoms with van der Waals surface area (Å²) in [5.41, 5.74) is 1.04. The van der Waals surface area contributed by atoms with Crippen molar-refractivity contribution in [3.8, 4) is 0 Å². The van der Waals surface area contributed by atoms with E-state index in [1.54, 1.807) is 37.4 Å². The fraction of sp³-hybridized carbons (Fsp3) is 0.667. The second-order valence-electron chi connectivity index (χ2n) is 9.89. The highest BCUT2D eigenvalue weighted by Gasteiger charge is 2.38. The Morgan fingerprint density at radius 1 is 1.14 bits per heavy atom. The zero-order valence-corrected chi connectivity index (χ0v) is 23.6. The minimum atomic E-state index is -0.804. The van der Waals surface area contributed by atoms with Crippen LogP contribution in [0.3, 0.4) is 0 Å². The van der Waals surface area contributed by atoms with Gasteiger partial charge in [0.25, 0.3) is 0 Å². The molecule has 7 nitrogen and oxygen atoms in total. The Bertz CT molecular complexity index is 825. The first kappa shape index (κ1) is 30.8. The Labute approximate surface area is 216 Å². The standard InChI is InChI=1S/C27H45N3O4S/c1-9-11-17-28-24(31)23(21-15-13-12-14-19(21)3)30(20(4)10-2)25(32)22(16-18-35-8)29-26(33)34-27(5,6)7/h12-15,20,22-23H,9-11,16-18H2,1-8H3,(H,28,31)(H,29,33). The first-order valence-electron chi connectivity index (χ1n) is 12.6. The van der Waals surface area contributed by atoms with Gasteiger partial charge in [-0.1, -0.05) is 44.5 Å². The molecular weight excluding hydrogens is 462 g/mol. The Morgan fingerprint density at radius 2 is 1.80 bits per heavy atom. The molecule has 1 aromatic carbocycles. The number of amides is 3. The lowest BCUT2D eigenvalue weighted by Crippen LogP contribution is -2.55. The lowest BCUT2D eigenvalue weighted by molar-refractivity contribution is -0.145. The molecule has 0 radical (unpaired) electrons. The number of nitrogens with zero attached hydrogens (tertiary/aromatic N) is 1. The Balaban J connectivity index is 3.46. The van der Waals surface area contributed by atoms with Crippen molar-refractivity contribution in [2.24, 2.45) is 0 Å². The number of unbranched alkanes of at least 4 members (excludes halogenated alkanes) is 1. The number of carbonyl (C=O) groups excluding carboxylic acids is 3. The van der Waals surface area contributed by atoms with E-state index in [4.69, 9.17) is 4.74 Å². The molecule has 0 aliphatic heterocycles. The van der Waals surface area contributed by atoms with Crippen molar-refractivity contribution in [1.82, 2.24) is 15.5 Å². The summed E-state index contributed by atoms with van der Waals surface area (Å²) in [7, 11) is 0. The Hall–Kier alpha value is -2.22. The molecule has 0 aliphatic rings. The molecule has 3 atom stereocenters. The molecular formula is C27H45N3O4S. The quantitative estimate of drug-likeness (QED) is 0.357. The fourth-order valence-electron chi connectivity index (χ4n) is 3.71. The number of ether oxygens (including phenoxy) is 1. The highest BCUT2D eigenvalue weighted by Crippen LogP contribution is 2.29. The van der Waals surface area contributed by atoms with E-state index < -0.39 is 23.8 Å². The minimum absolute atomic E-state index is 0.206. The van der Waals surface area contributed by atoms with E-state index in [2.05, 4.69) is 17.6 Å². The third kappa shape index (κ3) is 10.1. The summed E-state index contributed by atoms with van der Waals surface area (Å²) in [4.78, 5) is 41.9. The molecule has 0 heterocycles. The summed E-state index contributed by atoms with van der Waals surface area (Å²) in [5.74, 6) is 0.193. The molecule has 35 heavy (non-hydrogen) atoms. The van der Waals surface area contributed by atoms with Crippen molar-refractivity contribution in [3.05, 3.63) is 35.4 Å². The molecule has 0 spiro atoms. The van der Waals surface area contributed by atoms with Crippen molar-refractivity contribution in [1.29, 1.82) is 0 Å². The van der Waals surface area contributed by atoms with E-state index in [1.807, 2.05) is 51.3 Å². The second-order valence-corrected chi connectivity index (χ2v) is 10.9. The van der Waals surface area contributed by atoms with Crippen molar-refractivity contribution in [2.75, 3.05) is 18.6 Å². The van der Waals surface area contributed by atoms with Crippen LogP contribution in [0.2, 0.25) is 0 Å². The van der Waals surface area contributed by atoms with E-state index >= 15 is 0 Å². The predicted molar refractivity (Wildman–Crippen MR) is 145 cm³/mol. The summed E-state index contributed by atoms with van der Waals surface area (Å²) in [5, 5.41) is 5.81. The van der Waals surface area contributed by atoms with Crippen molar-refractivity contribution < 1.29 is 19.1 Å². The van der Waals surface area contributed by atoms with E-state index in [0.717, 1.165) is 24.0 Å². The summed E-state index contributed by atoms with van der Waals surface area (Å²) < 4.78 is 5.44. The Kier molecular flexibility index (Phi) is 13.2. The SMILES string of the molecule is CCCCNC(=O)C(c1ccccc1C)N(C(=O)C(CCSC)NC(=O)OC(C)(C)C)C(C)CC. The van der Waals surface area contributed by atoms with Crippen molar-refractivity contribution in [3.63, 3.8) is 0 Å². The van der Waals surface area contributed by atoms with Crippen LogP contribution in [0.25, 0.3) is 0 Å². The van der Waals surface area contributed by atoms with Crippen LogP contribution in [-0.4, -0.2) is 59.0 Å². The lowest BCUT2D eigenvalue weighted by atomic mass is 9.96. The van der Waals surface area contributed by atoms with Gasteiger partial charge in [0.1, 0.15) is 17.7 Å². The molecule has 0 fully saturated rings. The van der Waals surface area contributed by atoms with Gasteiger partial charge in [-0.3, -0.25) is 9.59 Å². The number of rotatable bonds is 13. The van der Waals surface area contributed by atoms with Crippen molar-refractivity contribution >= 4 is 29.7 Å². The van der Waals surface area contributed by atoms with E-state index in [1.165, 1.54) is 0 Å². The van der Waals surface area contributed by atoms with Gasteiger partial charge in [-0.05, 0) is 77.0 Å². The third-order valence-electron chi connectivity index (χ3n) is 5.76. The largest absolute Gasteiger partial charge is 0.444 e. The first-order chi connectivity index (χ1) is 16.5. The predicted octanol–water partition coefficient (Wildman–Crippen LogP) is 5.23. The second kappa shape index (κ2) is 15.0. The topological polar surface area (TPSA) is 87.7 Å². The van der Waals surface area contributed by atoms with Crippen LogP contribution < -0.4 is 10.6 Å². The third-order valence-corrected chi connectivity index (χ3v) is 6.40. The lowest BCUT2D eigenvalue weighted by Gasteiger charge is -2.38. The van der Waals surface area contributed by atoms with Gasteiger partial charge in [0, 0.05) is 12.6 Å².